The molecule has 0 aromatic carbocycles. The van der Waals surface area contributed by atoms with Gasteiger partial charge in [0.2, 0.25) is 35.7 Å². The number of halogens is 6. The van der Waals surface area contributed by atoms with E-state index in [1.165, 1.54) is 0 Å². The van der Waals surface area contributed by atoms with Crippen LogP contribution >= 0.6 is 0 Å². The van der Waals surface area contributed by atoms with E-state index >= 15 is 0 Å². The minimum absolute atomic E-state index is 1.08. The lowest BCUT2D eigenvalue weighted by atomic mass is 9.89. The second-order valence-electron chi connectivity index (χ2n) is 4.16. The van der Waals surface area contributed by atoms with Crippen LogP contribution in [-0.4, -0.2) is 30.6 Å². The molecule has 0 aliphatic rings. The Morgan fingerprint density at radius 1 is 0.545 bits per heavy atom. The Morgan fingerprint density at radius 2 is 0.818 bits per heavy atom. The van der Waals surface area contributed by atoms with Crippen molar-refractivity contribution < 1.29 is 26.3 Å². The number of hydrogen-bond acceptors (Lipinski definition) is 3. The summed E-state index contributed by atoms with van der Waals surface area (Å²) < 4.78 is 81.9. The molecule has 0 amide bonds. The van der Waals surface area contributed by atoms with Crippen LogP contribution in [0.25, 0.3) is 0 Å². The van der Waals surface area contributed by atoms with Crippen LogP contribution in [0.1, 0.15) is 22.6 Å². The van der Waals surface area contributed by atoms with Crippen molar-refractivity contribution in [3.63, 3.8) is 0 Å². The van der Waals surface area contributed by atoms with Crippen molar-refractivity contribution in [2.24, 2.45) is 0 Å². The van der Waals surface area contributed by atoms with Gasteiger partial charge in [-0.25, -0.2) is 15.3 Å². The lowest BCUT2D eigenvalue weighted by molar-refractivity contribution is 0.502. The van der Waals surface area contributed by atoms with E-state index in [-0.39, 0.29) is 0 Å². The second-order valence-corrected chi connectivity index (χ2v) is 4.16. The standard InChI is InChI=1S/C10H4F6N6/c11-5-2(6(12)18-17-5)1(3-7(13)19-20-8(3)14)4-9(15)21-22-10(4)16/h1H,(H,17,18)(H,19,20)(H,21,22). The van der Waals surface area contributed by atoms with E-state index in [4.69, 9.17) is 0 Å². The average Bonchev–Trinajstić information content (AvgIpc) is 3.08. The summed E-state index contributed by atoms with van der Waals surface area (Å²) in [5, 5.41) is 13.3. The molecule has 0 saturated heterocycles. The van der Waals surface area contributed by atoms with Gasteiger partial charge in [-0.3, -0.25) is 0 Å². The smallest absolute Gasteiger partial charge is 0.239 e. The lowest BCUT2D eigenvalue weighted by Gasteiger charge is -2.13. The molecule has 3 aromatic rings. The van der Waals surface area contributed by atoms with E-state index in [1.807, 2.05) is 0 Å². The Kier molecular flexibility index (Phi) is 3.15. The Labute approximate surface area is 116 Å². The lowest BCUT2D eigenvalue weighted by Crippen LogP contribution is -2.11. The SMILES string of the molecule is Fc1n[nH]c(F)c1C(c1c(F)n[nH]c1F)c1c(F)n[nH]c1F. The summed E-state index contributed by atoms with van der Waals surface area (Å²) in [7, 11) is 0. The molecule has 0 spiro atoms. The molecule has 3 rings (SSSR count). The highest BCUT2D eigenvalue weighted by Crippen LogP contribution is 2.38. The normalized spacial score (nSPS) is 11.6. The van der Waals surface area contributed by atoms with E-state index < -0.39 is 58.3 Å². The van der Waals surface area contributed by atoms with Crippen molar-refractivity contribution >= 4 is 0 Å². The molecule has 0 atom stereocenters. The van der Waals surface area contributed by atoms with Gasteiger partial charge in [0.1, 0.15) is 0 Å². The Morgan fingerprint density at radius 3 is 1.00 bits per heavy atom. The first-order chi connectivity index (χ1) is 10.4. The predicted molar refractivity (Wildman–Crippen MR) is 56.5 cm³/mol. The maximum Gasteiger partial charge on any atom is 0.239 e. The zero-order chi connectivity index (χ0) is 16.0. The van der Waals surface area contributed by atoms with Crippen molar-refractivity contribution in [3.05, 3.63) is 52.4 Å². The van der Waals surface area contributed by atoms with Crippen LogP contribution in [0, 0.1) is 35.7 Å². The van der Waals surface area contributed by atoms with Gasteiger partial charge in [0.05, 0.1) is 22.6 Å². The zero-order valence-electron chi connectivity index (χ0n) is 10.2. The summed E-state index contributed by atoms with van der Waals surface area (Å²) in [5.41, 5.74) is -3.25. The van der Waals surface area contributed by atoms with Crippen LogP contribution in [0.5, 0.6) is 0 Å². The molecule has 0 unspecified atom stereocenters. The summed E-state index contributed by atoms with van der Waals surface area (Å²) >= 11 is 0. The summed E-state index contributed by atoms with van der Waals surface area (Å²) in [6.07, 6.45) is 0. The summed E-state index contributed by atoms with van der Waals surface area (Å²) in [6.45, 7) is 0. The molecule has 6 nitrogen and oxygen atoms in total. The van der Waals surface area contributed by atoms with Gasteiger partial charge in [-0.2, -0.15) is 26.3 Å². The Bertz CT molecular complexity index is 667. The first kappa shape index (κ1) is 14.2. The quantitative estimate of drug-likeness (QED) is 0.644. The highest BCUT2D eigenvalue weighted by atomic mass is 19.2. The largest absolute Gasteiger partial charge is 0.250 e. The van der Waals surface area contributed by atoms with Gasteiger partial charge < -0.3 is 0 Å². The fourth-order valence-electron chi connectivity index (χ4n) is 2.10. The van der Waals surface area contributed by atoms with Crippen LogP contribution in [0.15, 0.2) is 0 Å². The molecule has 0 aliphatic carbocycles. The minimum atomic E-state index is -2.17. The van der Waals surface area contributed by atoms with Crippen LogP contribution in [0.2, 0.25) is 0 Å². The highest BCUT2D eigenvalue weighted by molar-refractivity contribution is 5.41. The number of rotatable bonds is 3. The average molecular weight is 322 g/mol. The summed E-state index contributed by atoms with van der Waals surface area (Å²) in [4.78, 5) is 0. The van der Waals surface area contributed by atoms with E-state index in [9.17, 15) is 26.3 Å². The molecule has 0 radical (unpaired) electrons. The number of hydrogen-bond donors (Lipinski definition) is 3. The maximum absolute atomic E-state index is 13.7. The first-order valence-electron chi connectivity index (χ1n) is 5.59. The molecule has 3 aromatic heterocycles. The fraction of sp³-hybridized carbons (Fsp3) is 0.100. The van der Waals surface area contributed by atoms with Gasteiger partial charge in [-0.05, 0) is 0 Å². The van der Waals surface area contributed by atoms with Crippen molar-refractivity contribution in [1.82, 2.24) is 30.6 Å². The third-order valence-corrected chi connectivity index (χ3v) is 3.00. The van der Waals surface area contributed by atoms with Gasteiger partial charge in [0, 0.05) is 0 Å². The molecule has 116 valence electrons. The molecule has 3 N–H and O–H groups in total. The minimum Gasteiger partial charge on any atom is -0.250 e. The molecular weight excluding hydrogens is 318 g/mol. The topological polar surface area (TPSA) is 86.0 Å². The molecule has 0 saturated carbocycles. The third kappa shape index (κ3) is 1.95. The third-order valence-electron chi connectivity index (χ3n) is 3.00. The van der Waals surface area contributed by atoms with Crippen LogP contribution < -0.4 is 0 Å². The van der Waals surface area contributed by atoms with Crippen molar-refractivity contribution in [2.75, 3.05) is 0 Å². The van der Waals surface area contributed by atoms with Crippen molar-refractivity contribution in [1.29, 1.82) is 0 Å². The second kappa shape index (κ2) is 4.89. The molecule has 0 aliphatic heterocycles. The highest BCUT2D eigenvalue weighted by Gasteiger charge is 2.37. The van der Waals surface area contributed by atoms with E-state index in [2.05, 4.69) is 15.3 Å². The fourth-order valence-corrected chi connectivity index (χ4v) is 2.10. The Hall–Kier alpha value is -2.79. The molecule has 0 fully saturated rings. The van der Waals surface area contributed by atoms with E-state index in [0.29, 0.717) is 0 Å². The molecule has 3 heterocycles. The van der Waals surface area contributed by atoms with Crippen LogP contribution in [0.3, 0.4) is 0 Å². The summed E-state index contributed by atoms with van der Waals surface area (Å²) in [5.74, 6) is -11.1. The first-order valence-corrected chi connectivity index (χ1v) is 5.59. The van der Waals surface area contributed by atoms with Crippen LogP contribution in [-0.2, 0) is 0 Å². The van der Waals surface area contributed by atoms with Gasteiger partial charge >= 0.3 is 0 Å². The van der Waals surface area contributed by atoms with Gasteiger partial charge in [-0.1, -0.05) is 0 Å². The zero-order valence-corrected chi connectivity index (χ0v) is 10.2. The number of nitrogens with one attached hydrogen (secondary N) is 3. The molecule has 12 heteroatoms. The van der Waals surface area contributed by atoms with E-state index in [1.54, 1.807) is 15.3 Å². The van der Waals surface area contributed by atoms with Gasteiger partial charge in [0.25, 0.3) is 0 Å². The van der Waals surface area contributed by atoms with Gasteiger partial charge in [-0.15, -0.1) is 15.3 Å². The maximum atomic E-state index is 13.7. The molecule has 22 heavy (non-hydrogen) atoms. The molecular formula is C10H4F6N6. The molecule has 0 bridgehead atoms. The summed E-state index contributed by atoms with van der Waals surface area (Å²) in [6, 6.07) is 0. The van der Waals surface area contributed by atoms with Crippen molar-refractivity contribution in [3.8, 4) is 0 Å². The Balaban J connectivity index is 2.34. The van der Waals surface area contributed by atoms with E-state index in [0.717, 1.165) is 0 Å². The van der Waals surface area contributed by atoms with Gasteiger partial charge in [0.15, 0.2) is 0 Å². The number of H-pyrrole nitrogens is 3. The number of nitrogens with zero attached hydrogens (tertiary/aromatic N) is 3. The number of aromatic nitrogens is 6. The number of aromatic amines is 3. The predicted octanol–water partition coefficient (Wildman–Crippen LogP) is 1.87. The van der Waals surface area contributed by atoms with Crippen LogP contribution in [0.4, 0.5) is 26.3 Å². The van der Waals surface area contributed by atoms with Crippen molar-refractivity contribution in [2.45, 2.75) is 5.92 Å². The monoisotopic (exact) mass is 322 g/mol.